The molecule has 1 aromatic carbocycles. The number of carbonyl (C=O) groups excluding carboxylic acids is 1. The van der Waals surface area contributed by atoms with E-state index in [2.05, 4.69) is 30.9 Å². The number of carbonyl (C=O) groups is 1. The highest BCUT2D eigenvalue weighted by atomic mass is 32.2. The summed E-state index contributed by atoms with van der Waals surface area (Å²) in [6, 6.07) is 8.60. The summed E-state index contributed by atoms with van der Waals surface area (Å²) >= 11 is 0. The highest BCUT2D eigenvalue weighted by Gasteiger charge is 2.26. The third-order valence-electron chi connectivity index (χ3n) is 3.22. The van der Waals surface area contributed by atoms with E-state index in [0.29, 0.717) is 11.6 Å². The second kappa shape index (κ2) is 7.85. The van der Waals surface area contributed by atoms with E-state index in [0.717, 1.165) is 0 Å². The van der Waals surface area contributed by atoms with Gasteiger partial charge in [-0.05, 0) is 12.5 Å². The molecule has 122 valence electrons. The van der Waals surface area contributed by atoms with Gasteiger partial charge in [0.15, 0.2) is 5.78 Å². The molecule has 1 atom stereocenters. The van der Waals surface area contributed by atoms with Crippen LogP contribution in [0.2, 0.25) is 25.7 Å². The van der Waals surface area contributed by atoms with Gasteiger partial charge in [-0.25, -0.2) is 13.1 Å². The summed E-state index contributed by atoms with van der Waals surface area (Å²) in [6.07, 6.45) is 1.84. The molecule has 0 aliphatic heterocycles. The van der Waals surface area contributed by atoms with Crippen LogP contribution in [0.4, 0.5) is 0 Å². The van der Waals surface area contributed by atoms with Crippen LogP contribution in [0.25, 0.3) is 0 Å². The molecule has 0 radical (unpaired) electrons. The third kappa shape index (κ3) is 6.68. The van der Waals surface area contributed by atoms with Crippen LogP contribution in [-0.2, 0) is 10.0 Å². The van der Waals surface area contributed by atoms with Crippen molar-refractivity contribution in [1.29, 1.82) is 0 Å². The van der Waals surface area contributed by atoms with Crippen molar-refractivity contribution in [2.45, 2.75) is 38.1 Å². The molecule has 0 aromatic heterocycles. The summed E-state index contributed by atoms with van der Waals surface area (Å²) in [5.41, 5.74) is 0.502. The monoisotopic (exact) mass is 339 g/mol. The first kappa shape index (κ1) is 18.8. The van der Waals surface area contributed by atoms with Crippen molar-refractivity contribution in [3.63, 3.8) is 0 Å². The number of hydrogen-bond acceptors (Lipinski definition) is 3. The molecule has 0 bridgehead atoms. The number of benzene rings is 1. The van der Waals surface area contributed by atoms with E-state index in [-0.39, 0.29) is 18.0 Å². The number of hydrogen-bond donors (Lipinski definition) is 1. The predicted molar refractivity (Wildman–Crippen MR) is 94.5 cm³/mol. The van der Waals surface area contributed by atoms with E-state index in [1.54, 1.807) is 30.3 Å². The number of sulfonamides is 1. The fourth-order valence-electron chi connectivity index (χ4n) is 1.90. The lowest BCUT2D eigenvalue weighted by Crippen LogP contribution is -2.42. The maximum Gasteiger partial charge on any atom is 0.211 e. The summed E-state index contributed by atoms with van der Waals surface area (Å²) in [6.45, 7) is 9.98. The lowest BCUT2D eigenvalue weighted by atomic mass is 10.0. The van der Waals surface area contributed by atoms with Gasteiger partial charge in [0.25, 0.3) is 0 Å². The van der Waals surface area contributed by atoms with E-state index in [1.165, 1.54) is 0 Å². The summed E-state index contributed by atoms with van der Waals surface area (Å²) < 4.78 is 27.0. The first-order chi connectivity index (χ1) is 10.1. The van der Waals surface area contributed by atoms with E-state index in [9.17, 15) is 13.2 Å². The minimum Gasteiger partial charge on any atom is -0.292 e. The van der Waals surface area contributed by atoms with Gasteiger partial charge in [-0.1, -0.05) is 56.0 Å². The molecule has 1 aromatic rings. The van der Waals surface area contributed by atoms with Crippen molar-refractivity contribution in [1.82, 2.24) is 4.72 Å². The Kier molecular flexibility index (Phi) is 6.71. The van der Waals surface area contributed by atoms with Crippen LogP contribution in [0.3, 0.4) is 0 Å². The summed E-state index contributed by atoms with van der Waals surface area (Å²) in [7, 11) is -4.93. The molecule has 0 spiro atoms. The Morgan fingerprint density at radius 3 is 2.36 bits per heavy atom. The van der Waals surface area contributed by atoms with Gasteiger partial charge in [0, 0.05) is 13.6 Å². The molecule has 1 rings (SSSR count). The number of nitrogens with one attached hydrogen (secondary N) is 1. The quantitative estimate of drug-likeness (QED) is 0.427. The van der Waals surface area contributed by atoms with Crippen molar-refractivity contribution in [2.75, 3.05) is 5.75 Å². The molecule has 6 heteroatoms. The van der Waals surface area contributed by atoms with E-state index in [1.807, 2.05) is 6.07 Å². The Balaban J connectivity index is 2.83. The number of Topliss-reactive ketones (excluding diaryl/α,β-unsaturated/α-hetero) is 1. The summed E-state index contributed by atoms with van der Waals surface area (Å²) in [5.74, 6) is -0.157. The molecule has 0 aliphatic carbocycles. The average Bonchev–Trinajstić information content (AvgIpc) is 2.44. The van der Waals surface area contributed by atoms with Crippen LogP contribution in [-0.4, -0.2) is 34.1 Å². The molecule has 1 unspecified atom stereocenters. The molecule has 0 amide bonds. The lowest BCUT2D eigenvalue weighted by Gasteiger charge is -2.19. The Morgan fingerprint density at radius 1 is 1.27 bits per heavy atom. The molecule has 0 saturated carbocycles. The van der Waals surface area contributed by atoms with Gasteiger partial charge in [-0.3, -0.25) is 4.79 Å². The second-order valence-corrected chi connectivity index (χ2v) is 14.0. The Hall–Kier alpha value is -1.24. The fourth-order valence-corrected chi connectivity index (χ4v) is 6.17. The SMILES string of the molecule is C=CCC(NS(=O)(=O)CC[Si](C)(C)C)C(=O)c1ccccc1. The first-order valence-electron chi connectivity index (χ1n) is 7.35. The molecular weight excluding hydrogens is 314 g/mol. The van der Waals surface area contributed by atoms with Gasteiger partial charge in [0.1, 0.15) is 0 Å². The van der Waals surface area contributed by atoms with Crippen LogP contribution in [0, 0.1) is 0 Å². The Bertz CT molecular complexity index is 606. The molecule has 0 heterocycles. The van der Waals surface area contributed by atoms with Gasteiger partial charge < -0.3 is 0 Å². The normalized spacial score (nSPS) is 13.6. The topological polar surface area (TPSA) is 63.2 Å². The lowest BCUT2D eigenvalue weighted by molar-refractivity contribution is 0.0954. The number of ketones is 1. The zero-order valence-corrected chi connectivity index (χ0v) is 15.3. The largest absolute Gasteiger partial charge is 0.292 e. The maximum absolute atomic E-state index is 12.4. The van der Waals surface area contributed by atoms with E-state index >= 15 is 0 Å². The zero-order valence-electron chi connectivity index (χ0n) is 13.5. The second-order valence-electron chi connectivity index (χ2n) is 6.55. The summed E-state index contributed by atoms with van der Waals surface area (Å²) in [5, 5.41) is 0. The molecule has 22 heavy (non-hydrogen) atoms. The number of rotatable bonds is 9. The Morgan fingerprint density at radius 2 is 1.86 bits per heavy atom. The van der Waals surface area contributed by atoms with Crippen LogP contribution < -0.4 is 4.72 Å². The highest BCUT2D eigenvalue weighted by Crippen LogP contribution is 2.12. The molecule has 0 fully saturated rings. The smallest absolute Gasteiger partial charge is 0.211 e. The minimum atomic E-state index is -3.47. The van der Waals surface area contributed by atoms with Crippen molar-refractivity contribution >= 4 is 23.9 Å². The standard InChI is InChI=1S/C16H25NO3SSi/c1-5-9-15(16(18)14-10-7-6-8-11-14)17-21(19,20)12-13-22(2,3)4/h5-8,10-11,15,17H,1,9,12-13H2,2-4H3. The molecule has 0 aliphatic rings. The zero-order chi connectivity index (χ0) is 16.8. The highest BCUT2D eigenvalue weighted by molar-refractivity contribution is 7.89. The van der Waals surface area contributed by atoms with Crippen LogP contribution in [0.5, 0.6) is 0 Å². The first-order valence-corrected chi connectivity index (χ1v) is 12.7. The molecular formula is C16H25NO3SSi. The van der Waals surface area contributed by atoms with Gasteiger partial charge in [0.05, 0.1) is 11.8 Å². The fraction of sp³-hybridized carbons (Fsp3) is 0.438. The average molecular weight is 340 g/mol. The van der Waals surface area contributed by atoms with Crippen LogP contribution >= 0.6 is 0 Å². The van der Waals surface area contributed by atoms with Gasteiger partial charge >= 0.3 is 0 Å². The Labute approximate surface area is 134 Å². The van der Waals surface area contributed by atoms with E-state index in [4.69, 9.17) is 0 Å². The molecule has 0 saturated heterocycles. The van der Waals surface area contributed by atoms with Crippen LogP contribution in [0.1, 0.15) is 16.8 Å². The maximum atomic E-state index is 12.4. The van der Waals surface area contributed by atoms with Gasteiger partial charge in [0.2, 0.25) is 10.0 Å². The summed E-state index contributed by atoms with van der Waals surface area (Å²) in [4.78, 5) is 12.4. The molecule has 4 nitrogen and oxygen atoms in total. The van der Waals surface area contributed by atoms with E-state index < -0.39 is 24.1 Å². The molecule has 1 N–H and O–H groups in total. The van der Waals surface area contributed by atoms with Crippen LogP contribution in [0.15, 0.2) is 43.0 Å². The van der Waals surface area contributed by atoms with Crippen molar-refractivity contribution in [3.05, 3.63) is 48.6 Å². The van der Waals surface area contributed by atoms with Gasteiger partial charge in [-0.15, -0.1) is 6.58 Å². The third-order valence-corrected chi connectivity index (χ3v) is 6.72. The predicted octanol–water partition coefficient (Wildman–Crippen LogP) is 3.07. The van der Waals surface area contributed by atoms with Crippen molar-refractivity contribution < 1.29 is 13.2 Å². The van der Waals surface area contributed by atoms with Gasteiger partial charge in [-0.2, -0.15) is 0 Å². The van der Waals surface area contributed by atoms with Crippen molar-refractivity contribution in [3.8, 4) is 0 Å². The minimum absolute atomic E-state index is 0.0679. The van der Waals surface area contributed by atoms with Crippen molar-refractivity contribution in [2.24, 2.45) is 0 Å².